The Bertz CT molecular complexity index is 234. The van der Waals surface area contributed by atoms with Crippen LogP contribution in [-0.2, 0) is 24.1 Å². The van der Waals surface area contributed by atoms with Crippen LogP contribution < -0.4 is 0 Å². The van der Waals surface area contributed by atoms with Crippen molar-refractivity contribution < 1.29 is 24.1 Å². The second-order valence-electron chi connectivity index (χ2n) is 2.98. The largest absolute Gasteiger partial charge is 0.466 e. The molecule has 0 amide bonds. The Labute approximate surface area is 88.9 Å². The maximum Gasteiger partial charge on any atom is 0.342 e. The topological polar surface area (TPSA) is 61.8 Å². The molecule has 0 fully saturated rings. The first kappa shape index (κ1) is 13.6. The van der Waals surface area contributed by atoms with Gasteiger partial charge in [0.1, 0.15) is 6.61 Å². The van der Waals surface area contributed by atoms with Crippen LogP contribution in [0.4, 0.5) is 0 Å². The van der Waals surface area contributed by atoms with Gasteiger partial charge in [-0.1, -0.05) is 12.2 Å². The lowest BCUT2D eigenvalue weighted by Gasteiger charge is -2.03. The fourth-order valence-electron chi connectivity index (χ4n) is 0.675. The summed E-state index contributed by atoms with van der Waals surface area (Å²) >= 11 is 0. The molecule has 0 aromatic carbocycles. The molecule has 0 saturated heterocycles. The average molecular weight is 216 g/mol. The lowest BCUT2D eigenvalue weighted by atomic mass is 10.3. The Balaban J connectivity index is 3.49. The molecular formula is C10H16O5. The van der Waals surface area contributed by atoms with Gasteiger partial charge in [0, 0.05) is 0 Å². The van der Waals surface area contributed by atoms with Crippen molar-refractivity contribution in [2.75, 3.05) is 13.2 Å². The third-order valence-electron chi connectivity index (χ3n) is 1.30. The number of rotatable bonds is 7. The Hall–Kier alpha value is -1.36. The van der Waals surface area contributed by atoms with Gasteiger partial charge < -0.3 is 4.74 Å². The third kappa shape index (κ3) is 8.96. The van der Waals surface area contributed by atoms with Crippen LogP contribution in [0, 0.1) is 0 Å². The molecule has 0 aromatic heterocycles. The molecule has 0 aliphatic rings. The monoisotopic (exact) mass is 216 g/mol. The van der Waals surface area contributed by atoms with E-state index in [1.54, 1.807) is 13.8 Å². The van der Waals surface area contributed by atoms with Crippen molar-refractivity contribution in [2.45, 2.75) is 26.7 Å². The Morgan fingerprint density at radius 3 is 2.33 bits per heavy atom. The summed E-state index contributed by atoms with van der Waals surface area (Å²) in [6.45, 7) is 7.47. The lowest BCUT2D eigenvalue weighted by Crippen LogP contribution is -2.11. The van der Waals surface area contributed by atoms with Crippen LogP contribution in [0.25, 0.3) is 0 Å². The predicted octanol–water partition coefficient (Wildman–Crippen LogP) is 1.38. The summed E-state index contributed by atoms with van der Waals surface area (Å²) in [6, 6.07) is 0. The normalized spacial score (nSPS) is 9.47. The van der Waals surface area contributed by atoms with Gasteiger partial charge in [-0.2, -0.15) is 4.89 Å². The minimum atomic E-state index is -0.593. The number of hydrogen-bond donors (Lipinski definition) is 0. The fraction of sp³-hybridized carbons (Fsp3) is 0.600. The molecule has 0 rings (SSSR count). The highest BCUT2D eigenvalue weighted by Crippen LogP contribution is 1.97. The summed E-state index contributed by atoms with van der Waals surface area (Å²) in [4.78, 5) is 30.7. The Morgan fingerprint density at radius 1 is 1.20 bits per heavy atom. The highest BCUT2D eigenvalue weighted by atomic mass is 17.2. The van der Waals surface area contributed by atoms with Gasteiger partial charge >= 0.3 is 11.9 Å². The molecule has 0 aliphatic heterocycles. The quantitative estimate of drug-likeness (QED) is 0.278. The number of ether oxygens (including phenoxy) is 1. The van der Waals surface area contributed by atoms with Crippen molar-refractivity contribution in [1.29, 1.82) is 0 Å². The zero-order valence-corrected chi connectivity index (χ0v) is 9.08. The van der Waals surface area contributed by atoms with Gasteiger partial charge in [-0.15, -0.1) is 0 Å². The van der Waals surface area contributed by atoms with Crippen LogP contribution in [0.15, 0.2) is 12.2 Å². The maximum atomic E-state index is 10.9. The van der Waals surface area contributed by atoms with E-state index < -0.39 is 11.9 Å². The standard InChI is InChI=1S/C10H16O5/c1-4-13-9(11)5-6-10(12)15-14-7-8(2)3/h2,4-7H2,1,3H3. The third-order valence-corrected chi connectivity index (χ3v) is 1.30. The smallest absolute Gasteiger partial charge is 0.342 e. The van der Waals surface area contributed by atoms with Gasteiger partial charge in [0.25, 0.3) is 0 Å². The molecule has 86 valence electrons. The number of carbonyl (C=O) groups excluding carboxylic acids is 2. The minimum Gasteiger partial charge on any atom is -0.466 e. The van der Waals surface area contributed by atoms with Crippen LogP contribution in [0.2, 0.25) is 0 Å². The average Bonchev–Trinajstić information content (AvgIpc) is 2.14. The lowest BCUT2D eigenvalue weighted by molar-refractivity contribution is -0.267. The first-order valence-corrected chi connectivity index (χ1v) is 4.68. The predicted molar refractivity (Wildman–Crippen MR) is 52.7 cm³/mol. The van der Waals surface area contributed by atoms with Crippen LogP contribution >= 0.6 is 0 Å². The summed E-state index contributed by atoms with van der Waals surface area (Å²) in [5.74, 6) is -1.02. The summed E-state index contributed by atoms with van der Waals surface area (Å²) in [5, 5.41) is 0. The van der Waals surface area contributed by atoms with Gasteiger partial charge in [-0.25, -0.2) is 4.79 Å². The second-order valence-corrected chi connectivity index (χ2v) is 2.98. The van der Waals surface area contributed by atoms with Crippen LogP contribution in [0.5, 0.6) is 0 Å². The molecule has 0 heterocycles. The molecule has 0 N–H and O–H groups in total. The molecule has 0 saturated carbocycles. The van der Waals surface area contributed by atoms with Gasteiger partial charge in [0.15, 0.2) is 0 Å². The van der Waals surface area contributed by atoms with Crippen molar-refractivity contribution in [3.05, 3.63) is 12.2 Å². The number of carbonyl (C=O) groups is 2. The molecule has 0 spiro atoms. The van der Waals surface area contributed by atoms with Crippen LogP contribution in [-0.4, -0.2) is 25.2 Å². The zero-order chi connectivity index (χ0) is 11.7. The minimum absolute atomic E-state index is 0.00308. The molecule has 0 radical (unpaired) electrons. The van der Waals surface area contributed by atoms with Crippen molar-refractivity contribution in [3.63, 3.8) is 0 Å². The van der Waals surface area contributed by atoms with Gasteiger partial charge in [0.2, 0.25) is 0 Å². The Morgan fingerprint density at radius 2 is 1.80 bits per heavy atom. The molecule has 0 atom stereocenters. The maximum absolute atomic E-state index is 10.9. The molecular weight excluding hydrogens is 200 g/mol. The summed E-state index contributed by atoms with van der Waals surface area (Å²) < 4.78 is 4.63. The van der Waals surface area contributed by atoms with Crippen molar-refractivity contribution in [3.8, 4) is 0 Å². The van der Waals surface area contributed by atoms with E-state index in [9.17, 15) is 9.59 Å². The van der Waals surface area contributed by atoms with Crippen molar-refractivity contribution in [1.82, 2.24) is 0 Å². The van der Waals surface area contributed by atoms with E-state index in [-0.39, 0.29) is 19.4 Å². The van der Waals surface area contributed by atoms with Crippen molar-refractivity contribution in [2.24, 2.45) is 0 Å². The SMILES string of the molecule is C=C(C)COOC(=O)CCC(=O)OCC. The molecule has 15 heavy (non-hydrogen) atoms. The number of esters is 1. The number of hydrogen-bond acceptors (Lipinski definition) is 5. The van der Waals surface area contributed by atoms with Crippen molar-refractivity contribution >= 4 is 11.9 Å². The van der Waals surface area contributed by atoms with Gasteiger partial charge in [-0.05, 0) is 13.8 Å². The molecule has 0 unspecified atom stereocenters. The molecule has 0 aromatic rings. The highest BCUT2D eigenvalue weighted by Gasteiger charge is 2.09. The van der Waals surface area contributed by atoms with Gasteiger partial charge in [0.05, 0.1) is 19.4 Å². The van der Waals surface area contributed by atoms with E-state index in [0.717, 1.165) is 5.57 Å². The van der Waals surface area contributed by atoms with E-state index in [0.29, 0.717) is 6.61 Å². The Kier molecular flexibility index (Phi) is 7.27. The van der Waals surface area contributed by atoms with E-state index in [1.165, 1.54) is 0 Å². The zero-order valence-electron chi connectivity index (χ0n) is 9.08. The molecule has 5 heteroatoms. The first-order chi connectivity index (χ1) is 7.06. The summed E-state index contributed by atoms with van der Waals surface area (Å²) in [5.41, 5.74) is 0.744. The van der Waals surface area contributed by atoms with E-state index >= 15 is 0 Å². The van der Waals surface area contributed by atoms with Gasteiger partial charge in [-0.3, -0.25) is 9.68 Å². The molecule has 5 nitrogen and oxygen atoms in total. The van der Waals surface area contributed by atoms with E-state index in [2.05, 4.69) is 21.1 Å². The molecule has 0 aliphatic carbocycles. The summed E-state index contributed by atoms with van der Waals surface area (Å²) in [6.07, 6.45) is -0.0435. The fourth-order valence-corrected chi connectivity index (χ4v) is 0.675. The first-order valence-electron chi connectivity index (χ1n) is 4.68. The second kappa shape index (κ2) is 7.99. The van der Waals surface area contributed by atoms with E-state index in [1.807, 2.05) is 0 Å². The molecule has 0 bridgehead atoms. The highest BCUT2D eigenvalue weighted by molar-refractivity contribution is 5.77. The summed E-state index contributed by atoms with van der Waals surface area (Å²) in [7, 11) is 0. The van der Waals surface area contributed by atoms with E-state index in [4.69, 9.17) is 0 Å². The van der Waals surface area contributed by atoms with Crippen LogP contribution in [0.1, 0.15) is 26.7 Å². The van der Waals surface area contributed by atoms with Crippen LogP contribution in [0.3, 0.4) is 0 Å².